The number of esters is 1. The zero-order valence-corrected chi connectivity index (χ0v) is 18.1. The number of nitrogens with one attached hydrogen (secondary N) is 1. The molecule has 29 heavy (non-hydrogen) atoms. The van der Waals surface area contributed by atoms with E-state index in [-0.39, 0.29) is 16.5 Å². The summed E-state index contributed by atoms with van der Waals surface area (Å²) in [5.74, 6) is -3.71. The molecule has 1 aliphatic carbocycles. The van der Waals surface area contributed by atoms with Crippen LogP contribution in [0, 0.1) is 18.8 Å². The Hall–Kier alpha value is -2.42. The number of carboxylic acids is 1. The van der Waals surface area contributed by atoms with Crippen molar-refractivity contribution >= 4 is 40.1 Å². The maximum absolute atomic E-state index is 12.9. The first kappa shape index (κ1) is 22.9. The first-order valence-corrected chi connectivity index (χ1v) is 10.6. The molecule has 1 aromatic heterocycles. The predicted molar refractivity (Wildman–Crippen MR) is 109 cm³/mol. The van der Waals surface area contributed by atoms with Crippen molar-refractivity contribution in [2.45, 2.75) is 46.5 Å². The van der Waals surface area contributed by atoms with Crippen LogP contribution in [0.2, 0.25) is 0 Å². The lowest BCUT2D eigenvalue weighted by atomic mass is 9.79. The third kappa shape index (κ3) is 4.77. The molecule has 0 aliphatic heterocycles. The second-order valence-electron chi connectivity index (χ2n) is 7.05. The molecular weight excluding hydrogens is 396 g/mol. The Balaban J connectivity index is 2.39. The lowest BCUT2D eigenvalue weighted by molar-refractivity contribution is -0.147. The summed E-state index contributed by atoms with van der Waals surface area (Å²) in [4.78, 5) is 51.6. The molecule has 2 atom stereocenters. The molecule has 9 heteroatoms. The molecule has 2 amide bonds. The number of hydrogen-bond acceptors (Lipinski definition) is 6. The molecule has 1 fully saturated rings. The van der Waals surface area contributed by atoms with Crippen LogP contribution < -0.4 is 5.32 Å². The van der Waals surface area contributed by atoms with E-state index in [1.807, 2.05) is 13.8 Å². The minimum absolute atomic E-state index is 0.143. The fourth-order valence-corrected chi connectivity index (χ4v) is 4.92. The molecule has 0 saturated heterocycles. The highest BCUT2D eigenvalue weighted by molar-refractivity contribution is 7.18. The van der Waals surface area contributed by atoms with Crippen molar-refractivity contribution in [3.8, 4) is 0 Å². The van der Waals surface area contributed by atoms with Crippen molar-refractivity contribution in [1.82, 2.24) is 4.90 Å². The molecule has 1 aromatic rings. The summed E-state index contributed by atoms with van der Waals surface area (Å²) in [7, 11) is 1.23. The van der Waals surface area contributed by atoms with Crippen LogP contribution in [0.1, 0.15) is 65.1 Å². The average molecular weight is 425 g/mol. The van der Waals surface area contributed by atoms with Crippen LogP contribution in [-0.2, 0) is 14.3 Å². The number of hydrogen-bond donors (Lipinski definition) is 2. The average Bonchev–Trinajstić information content (AvgIpc) is 3.03. The van der Waals surface area contributed by atoms with Crippen LogP contribution in [0.5, 0.6) is 0 Å². The predicted octanol–water partition coefficient (Wildman–Crippen LogP) is 3.15. The highest BCUT2D eigenvalue weighted by Gasteiger charge is 2.37. The third-order valence-electron chi connectivity index (χ3n) is 5.44. The van der Waals surface area contributed by atoms with Crippen molar-refractivity contribution in [3.63, 3.8) is 0 Å². The number of anilines is 1. The molecule has 2 rings (SSSR count). The Labute approximate surface area is 174 Å². The molecule has 0 aromatic carbocycles. The van der Waals surface area contributed by atoms with Gasteiger partial charge in [-0.3, -0.25) is 14.4 Å². The minimum atomic E-state index is -0.988. The van der Waals surface area contributed by atoms with Gasteiger partial charge in [-0.1, -0.05) is 12.8 Å². The molecular formula is C20H28N2O6S. The summed E-state index contributed by atoms with van der Waals surface area (Å²) in [5, 5.41) is 12.4. The zero-order valence-electron chi connectivity index (χ0n) is 17.2. The second-order valence-corrected chi connectivity index (χ2v) is 8.07. The molecule has 0 bridgehead atoms. The summed E-state index contributed by atoms with van der Waals surface area (Å²) in [6, 6.07) is 0. The Bertz CT molecular complexity index is 799. The number of amides is 2. The van der Waals surface area contributed by atoms with Gasteiger partial charge >= 0.3 is 11.9 Å². The molecule has 0 radical (unpaired) electrons. The summed E-state index contributed by atoms with van der Waals surface area (Å²) in [6.45, 7) is 6.41. The van der Waals surface area contributed by atoms with Gasteiger partial charge in [-0.25, -0.2) is 4.79 Å². The van der Waals surface area contributed by atoms with Gasteiger partial charge in [0.05, 0.1) is 29.4 Å². The van der Waals surface area contributed by atoms with Gasteiger partial charge in [-0.05, 0) is 39.2 Å². The molecule has 1 saturated carbocycles. The number of methoxy groups -OCH3 is 1. The number of aliphatic carboxylic acids is 1. The van der Waals surface area contributed by atoms with E-state index in [4.69, 9.17) is 4.74 Å². The van der Waals surface area contributed by atoms with E-state index in [1.165, 1.54) is 7.11 Å². The smallest absolute Gasteiger partial charge is 0.341 e. The fraction of sp³-hybridized carbons (Fsp3) is 0.600. The summed E-state index contributed by atoms with van der Waals surface area (Å²) in [5.41, 5.74) is 0.594. The Kier molecular flexibility index (Phi) is 7.78. The van der Waals surface area contributed by atoms with Crippen molar-refractivity contribution in [2.75, 3.05) is 25.5 Å². The summed E-state index contributed by atoms with van der Waals surface area (Å²) >= 11 is 1.03. The van der Waals surface area contributed by atoms with E-state index in [2.05, 4.69) is 5.32 Å². The van der Waals surface area contributed by atoms with Gasteiger partial charge in [0, 0.05) is 13.1 Å². The van der Waals surface area contributed by atoms with Crippen molar-refractivity contribution in [1.29, 1.82) is 0 Å². The fourth-order valence-electron chi connectivity index (χ4n) is 3.75. The number of carbonyl (C=O) groups excluding carboxylic acids is 3. The van der Waals surface area contributed by atoms with Crippen LogP contribution in [0.25, 0.3) is 0 Å². The topological polar surface area (TPSA) is 113 Å². The molecule has 2 N–H and O–H groups in total. The van der Waals surface area contributed by atoms with Gasteiger partial charge in [-0.2, -0.15) is 0 Å². The zero-order chi connectivity index (χ0) is 21.7. The highest BCUT2D eigenvalue weighted by Crippen LogP contribution is 2.37. The first-order chi connectivity index (χ1) is 13.8. The lowest BCUT2D eigenvalue weighted by Gasteiger charge is -2.27. The molecule has 1 aliphatic rings. The van der Waals surface area contributed by atoms with Crippen molar-refractivity contribution in [2.24, 2.45) is 11.8 Å². The van der Waals surface area contributed by atoms with E-state index in [1.54, 1.807) is 11.8 Å². The SMILES string of the molecule is CCN(CC)C(=O)c1sc(NC(=O)[C@H]2CCCC[C@@H]2C(=O)O)c(C(=O)OC)c1C. The number of rotatable bonds is 7. The first-order valence-electron chi connectivity index (χ1n) is 9.81. The van der Waals surface area contributed by atoms with Crippen LogP contribution in [0.15, 0.2) is 0 Å². The number of carboxylic acid groups (broad SMARTS) is 1. The second kappa shape index (κ2) is 9.87. The Morgan fingerprint density at radius 1 is 1.14 bits per heavy atom. The van der Waals surface area contributed by atoms with E-state index in [0.717, 1.165) is 24.2 Å². The monoisotopic (exact) mass is 424 g/mol. The molecule has 1 heterocycles. The quantitative estimate of drug-likeness (QED) is 0.650. The maximum atomic E-state index is 12.9. The van der Waals surface area contributed by atoms with Crippen molar-refractivity contribution < 1.29 is 29.0 Å². The van der Waals surface area contributed by atoms with Crippen LogP contribution >= 0.6 is 11.3 Å². The number of thiophene rings is 1. The number of nitrogens with zero attached hydrogens (tertiary/aromatic N) is 1. The van der Waals surface area contributed by atoms with Crippen molar-refractivity contribution in [3.05, 3.63) is 16.0 Å². The maximum Gasteiger partial charge on any atom is 0.341 e. The normalized spacial score (nSPS) is 18.8. The minimum Gasteiger partial charge on any atom is -0.481 e. The van der Waals surface area contributed by atoms with Crippen LogP contribution in [0.4, 0.5) is 5.00 Å². The lowest BCUT2D eigenvalue weighted by Crippen LogP contribution is -2.36. The standard InChI is InChI=1S/C20H28N2O6S/c1-5-22(6-2)18(24)15-11(3)14(20(27)28-4)17(29-15)21-16(23)12-9-7-8-10-13(12)19(25)26/h12-13H,5-10H2,1-4H3,(H,21,23)(H,25,26)/t12-,13-/m0/s1. The summed E-state index contributed by atoms with van der Waals surface area (Å²) in [6.07, 6.45) is 2.48. The van der Waals surface area contributed by atoms with Gasteiger partial charge in [0.25, 0.3) is 5.91 Å². The molecule has 0 unspecified atom stereocenters. The van der Waals surface area contributed by atoms with Gasteiger partial charge < -0.3 is 20.1 Å². The van der Waals surface area contributed by atoms with E-state index < -0.39 is 29.7 Å². The Morgan fingerprint density at radius 2 is 1.72 bits per heavy atom. The van der Waals surface area contributed by atoms with E-state index in [0.29, 0.717) is 36.4 Å². The Morgan fingerprint density at radius 3 is 2.24 bits per heavy atom. The van der Waals surface area contributed by atoms with Gasteiger partial charge in [0.1, 0.15) is 5.00 Å². The molecule has 160 valence electrons. The van der Waals surface area contributed by atoms with Crippen LogP contribution in [0.3, 0.4) is 0 Å². The highest BCUT2D eigenvalue weighted by atomic mass is 32.1. The van der Waals surface area contributed by atoms with Gasteiger partial charge in [0.15, 0.2) is 0 Å². The largest absolute Gasteiger partial charge is 0.481 e. The van der Waals surface area contributed by atoms with Gasteiger partial charge in [-0.15, -0.1) is 11.3 Å². The van der Waals surface area contributed by atoms with Crippen LogP contribution in [-0.4, -0.2) is 54.0 Å². The molecule has 8 nitrogen and oxygen atoms in total. The summed E-state index contributed by atoms with van der Waals surface area (Å²) < 4.78 is 4.85. The van der Waals surface area contributed by atoms with E-state index in [9.17, 15) is 24.3 Å². The molecule has 0 spiro atoms. The number of carbonyl (C=O) groups is 4. The third-order valence-corrected chi connectivity index (χ3v) is 6.63. The van der Waals surface area contributed by atoms with Gasteiger partial charge in [0.2, 0.25) is 5.91 Å². The number of ether oxygens (including phenoxy) is 1. The van der Waals surface area contributed by atoms with E-state index >= 15 is 0 Å².